The molecule has 0 bridgehead atoms. The van der Waals surface area contributed by atoms with E-state index in [4.69, 9.17) is 16.3 Å². The maximum atomic E-state index is 14.5. The van der Waals surface area contributed by atoms with Crippen molar-refractivity contribution in [2.75, 3.05) is 30.5 Å². The first-order chi connectivity index (χ1) is 18.2. The molecule has 0 radical (unpaired) electrons. The van der Waals surface area contributed by atoms with Crippen LogP contribution in [0.2, 0.25) is 5.02 Å². The molecule has 3 aromatic rings. The summed E-state index contributed by atoms with van der Waals surface area (Å²) in [4.78, 5) is 2.65. The fourth-order valence-electron chi connectivity index (χ4n) is 5.23. The van der Waals surface area contributed by atoms with E-state index in [2.05, 4.69) is 4.90 Å². The molecular weight excluding hydrogens is 523 g/mol. The second kappa shape index (κ2) is 11.1. The first kappa shape index (κ1) is 26.7. The van der Waals surface area contributed by atoms with Crippen LogP contribution in [0.15, 0.2) is 65.6 Å². The van der Waals surface area contributed by atoms with Gasteiger partial charge in [0.15, 0.2) is 0 Å². The Morgan fingerprint density at radius 3 is 2.61 bits per heavy atom. The maximum Gasteiger partial charge on any atom is 0.264 e. The SMILES string of the molecule is C/C(=C\c1ccc2c(c1)N(S(=O)(=O)c1cccc(C)c1)C[C@H](CCN1CCCC1)O2)c1c(F)cccc1Cl. The third-order valence-corrected chi connectivity index (χ3v) is 9.29. The molecule has 8 heteroatoms. The van der Waals surface area contributed by atoms with E-state index in [1.165, 1.54) is 23.2 Å². The van der Waals surface area contributed by atoms with Gasteiger partial charge in [-0.25, -0.2) is 12.8 Å². The van der Waals surface area contributed by atoms with Crippen LogP contribution in [0.3, 0.4) is 0 Å². The highest BCUT2D eigenvalue weighted by Crippen LogP contribution is 2.39. The predicted octanol–water partition coefficient (Wildman–Crippen LogP) is 6.79. The Morgan fingerprint density at radius 1 is 1.11 bits per heavy atom. The average molecular weight is 555 g/mol. The second-order valence-corrected chi connectivity index (χ2v) is 12.4. The molecule has 2 heterocycles. The van der Waals surface area contributed by atoms with Crippen molar-refractivity contribution in [3.63, 3.8) is 0 Å². The topological polar surface area (TPSA) is 49.9 Å². The van der Waals surface area contributed by atoms with E-state index in [0.29, 0.717) is 27.6 Å². The molecule has 2 aliphatic heterocycles. The monoisotopic (exact) mass is 554 g/mol. The number of ether oxygens (including phenoxy) is 1. The molecule has 1 saturated heterocycles. The zero-order valence-corrected chi connectivity index (χ0v) is 23.2. The van der Waals surface area contributed by atoms with Crippen molar-refractivity contribution in [3.05, 3.63) is 88.2 Å². The standard InChI is InChI=1S/C30H32ClFN2O3S/c1-21-7-5-8-25(17-21)38(35,36)34-20-24(13-16-33-14-3-4-15-33)37-29-12-11-23(19-28(29)34)18-22(2)30-26(31)9-6-10-27(30)32/h5-12,17-19,24H,3-4,13-16,20H2,1-2H3/b22-18+/t24-/m0/s1. The van der Waals surface area contributed by atoms with Gasteiger partial charge in [-0.15, -0.1) is 0 Å². The number of aryl methyl sites for hydroxylation is 1. The Kier molecular flexibility index (Phi) is 7.80. The summed E-state index contributed by atoms with van der Waals surface area (Å²) in [6.07, 6.45) is 4.70. The highest BCUT2D eigenvalue weighted by Gasteiger charge is 2.35. The minimum Gasteiger partial charge on any atom is -0.486 e. The van der Waals surface area contributed by atoms with Crippen LogP contribution >= 0.6 is 11.6 Å². The van der Waals surface area contributed by atoms with Crippen LogP contribution in [0.25, 0.3) is 11.6 Å². The number of hydrogen-bond acceptors (Lipinski definition) is 4. The molecule has 0 N–H and O–H groups in total. The summed E-state index contributed by atoms with van der Waals surface area (Å²) in [6.45, 7) is 6.93. The molecule has 1 fully saturated rings. The fraction of sp³-hybridized carbons (Fsp3) is 0.333. The summed E-state index contributed by atoms with van der Waals surface area (Å²) in [7, 11) is -3.84. The molecule has 2 aliphatic rings. The van der Waals surface area contributed by atoms with E-state index in [-0.39, 0.29) is 17.5 Å². The molecule has 0 saturated carbocycles. The lowest BCUT2D eigenvalue weighted by molar-refractivity contribution is 0.169. The Morgan fingerprint density at radius 2 is 1.87 bits per heavy atom. The quantitative estimate of drug-likeness (QED) is 0.302. The van der Waals surface area contributed by atoms with Crippen molar-refractivity contribution in [1.29, 1.82) is 0 Å². The van der Waals surface area contributed by atoms with Crippen LogP contribution in [-0.2, 0) is 10.0 Å². The smallest absolute Gasteiger partial charge is 0.264 e. The summed E-state index contributed by atoms with van der Waals surface area (Å²) >= 11 is 6.27. The number of nitrogens with zero attached hydrogens (tertiary/aromatic N) is 2. The van der Waals surface area contributed by atoms with Crippen molar-refractivity contribution in [1.82, 2.24) is 4.90 Å². The Bertz CT molecular complexity index is 1450. The van der Waals surface area contributed by atoms with Gasteiger partial charge in [0.1, 0.15) is 17.7 Å². The van der Waals surface area contributed by atoms with Gasteiger partial charge in [-0.2, -0.15) is 0 Å². The van der Waals surface area contributed by atoms with E-state index in [1.807, 2.05) is 25.1 Å². The molecule has 0 aliphatic carbocycles. The van der Waals surface area contributed by atoms with E-state index < -0.39 is 15.8 Å². The van der Waals surface area contributed by atoms with Crippen LogP contribution < -0.4 is 9.04 Å². The van der Waals surface area contributed by atoms with E-state index >= 15 is 0 Å². The maximum absolute atomic E-state index is 14.5. The van der Waals surface area contributed by atoms with Crippen LogP contribution in [0.4, 0.5) is 10.1 Å². The Labute approximate surface area is 229 Å². The van der Waals surface area contributed by atoms with Gasteiger partial charge in [0.05, 0.1) is 22.2 Å². The van der Waals surface area contributed by atoms with E-state index in [1.54, 1.807) is 49.4 Å². The molecule has 3 aromatic carbocycles. The average Bonchev–Trinajstić information content (AvgIpc) is 3.41. The lowest BCUT2D eigenvalue weighted by Gasteiger charge is -2.36. The van der Waals surface area contributed by atoms with Gasteiger partial charge < -0.3 is 9.64 Å². The minimum atomic E-state index is -3.84. The number of sulfonamides is 1. The predicted molar refractivity (Wildman–Crippen MR) is 152 cm³/mol. The van der Waals surface area contributed by atoms with Gasteiger partial charge in [0.2, 0.25) is 0 Å². The van der Waals surface area contributed by atoms with Crippen LogP contribution in [0.1, 0.15) is 42.9 Å². The van der Waals surface area contributed by atoms with Gasteiger partial charge in [-0.3, -0.25) is 4.31 Å². The number of anilines is 1. The summed E-state index contributed by atoms with van der Waals surface area (Å²) in [5.74, 6) is 0.120. The molecule has 0 spiro atoms. The number of hydrogen-bond donors (Lipinski definition) is 0. The number of likely N-dealkylation sites (tertiary alicyclic amines) is 1. The first-order valence-corrected chi connectivity index (χ1v) is 14.8. The highest BCUT2D eigenvalue weighted by molar-refractivity contribution is 7.92. The fourth-order valence-corrected chi connectivity index (χ4v) is 7.15. The van der Waals surface area contributed by atoms with Crippen molar-refractivity contribution in [2.45, 2.75) is 44.1 Å². The van der Waals surface area contributed by atoms with Crippen molar-refractivity contribution in [3.8, 4) is 5.75 Å². The molecule has 1 atom stereocenters. The van der Waals surface area contributed by atoms with Crippen molar-refractivity contribution in [2.24, 2.45) is 0 Å². The summed E-state index contributed by atoms with van der Waals surface area (Å²) in [5, 5.41) is 0.324. The normalized spacial score (nSPS) is 18.4. The number of allylic oxidation sites excluding steroid dienone is 1. The Hall–Kier alpha value is -2.87. The van der Waals surface area contributed by atoms with Crippen LogP contribution in [0, 0.1) is 12.7 Å². The molecule has 0 unspecified atom stereocenters. The largest absolute Gasteiger partial charge is 0.486 e. The molecule has 0 amide bonds. The van der Waals surface area contributed by atoms with Crippen LogP contribution in [-0.4, -0.2) is 45.6 Å². The molecule has 200 valence electrons. The number of rotatable bonds is 7. The minimum absolute atomic E-state index is 0.225. The van der Waals surface area contributed by atoms with Crippen molar-refractivity contribution < 1.29 is 17.5 Å². The summed E-state index contributed by atoms with van der Waals surface area (Å²) < 4.78 is 50.2. The van der Waals surface area contributed by atoms with Gasteiger partial charge in [-0.05, 0) is 99.3 Å². The van der Waals surface area contributed by atoms with Gasteiger partial charge in [0.25, 0.3) is 10.0 Å². The van der Waals surface area contributed by atoms with Crippen LogP contribution in [0.5, 0.6) is 5.75 Å². The summed E-state index contributed by atoms with van der Waals surface area (Å²) in [6, 6.07) is 17.0. The third-order valence-electron chi connectivity index (χ3n) is 7.20. The van der Waals surface area contributed by atoms with Gasteiger partial charge in [0, 0.05) is 12.1 Å². The number of halogens is 2. The molecule has 0 aromatic heterocycles. The lowest BCUT2D eigenvalue weighted by atomic mass is 10.0. The number of fused-ring (bicyclic) bond motifs is 1. The second-order valence-electron chi connectivity index (χ2n) is 10.1. The van der Waals surface area contributed by atoms with Gasteiger partial charge in [-0.1, -0.05) is 41.9 Å². The molecule has 5 rings (SSSR count). The van der Waals surface area contributed by atoms with Crippen molar-refractivity contribution >= 4 is 39.0 Å². The first-order valence-electron chi connectivity index (χ1n) is 13.0. The number of benzene rings is 3. The highest BCUT2D eigenvalue weighted by atomic mass is 35.5. The zero-order valence-electron chi connectivity index (χ0n) is 21.7. The lowest BCUT2D eigenvalue weighted by Crippen LogP contribution is -2.44. The molecular formula is C30H32ClFN2O3S. The summed E-state index contributed by atoms with van der Waals surface area (Å²) in [5.41, 5.74) is 3.05. The Balaban J connectivity index is 1.52. The molecule has 38 heavy (non-hydrogen) atoms. The van der Waals surface area contributed by atoms with Gasteiger partial charge >= 0.3 is 0 Å². The molecule has 5 nitrogen and oxygen atoms in total. The van der Waals surface area contributed by atoms with E-state index in [9.17, 15) is 12.8 Å². The third kappa shape index (κ3) is 5.60. The van der Waals surface area contributed by atoms with E-state index in [0.717, 1.165) is 37.2 Å². The zero-order chi connectivity index (χ0) is 26.9.